The number of nitrogens with zero attached hydrogens (tertiary/aromatic N) is 2. The predicted molar refractivity (Wildman–Crippen MR) is 63.2 cm³/mol. The van der Waals surface area contributed by atoms with Crippen molar-refractivity contribution in [1.82, 2.24) is 9.97 Å². The molecule has 1 heterocycles. The van der Waals surface area contributed by atoms with Gasteiger partial charge in [0.05, 0.1) is 38.1 Å². The normalized spacial score (nSPS) is 10.7. The van der Waals surface area contributed by atoms with Crippen LogP contribution in [0.2, 0.25) is 0 Å². The third-order valence-electron chi connectivity index (χ3n) is 2.36. The van der Waals surface area contributed by atoms with E-state index in [9.17, 15) is 0 Å². The van der Waals surface area contributed by atoms with E-state index in [1.807, 2.05) is 25.1 Å². The third kappa shape index (κ3) is 1.89. The molecule has 2 rings (SSSR count). The number of fused-ring (bicyclic) bond motifs is 1. The van der Waals surface area contributed by atoms with Gasteiger partial charge < -0.3 is 0 Å². The van der Waals surface area contributed by atoms with Crippen LogP contribution in [-0.4, -0.2) is 25.7 Å². The summed E-state index contributed by atoms with van der Waals surface area (Å²) in [5.74, 6) is 0. The van der Waals surface area contributed by atoms with Crippen molar-refractivity contribution in [3.63, 3.8) is 0 Å². The molecule has 0 amide bonds. The highest BCUT2D eigenvalue weighted by Crippen LogP contribution is 2.14. The van der Waals surface area contributed by atoms with Gasteiger partial charge in [-0.2, -0.15) is 0 Å². The van der Waals surface area contributed by atoms with Crippen molar-refractivity contribution in [2.24, 2.45) is 0 Å². The Kier molecular flexibility index (Phi) is 2.76. The molecule has 1 aromatic carbocycles. The molecule has 1 aromatic heterocycles. The zero-order valence-corrected chi connectivity index (χ0v) is 8.70. The maximum Gasteiger partial charge on any atom is 0.0892 e. The Labute approximate surface area is 92.0 Å². The van der Waals surface area contributed by atoms with E-state index in [2.05, 4.69) is 9.97 Å². The number of benzene rings is 1. The predicted octanol–water partition coefficient (Wildman–Crippen LogP) is 1.28. The fraction of sp³-hybridized carbons (Fsp3) is 0.273. The highest BCUT2D eigenvalue weighted by atomic mass is 14.8. The van der Waals surface area contributed by atoms with E-state index in [0.29, 0.717) is 12.6 Å². The van der Waals surface area contributed by atoms with Crippen LogP contribution in [0, 0.1) is 6.92 Å². The minimum atomic E-state index is 0.378. The summed E-state index contributed by atoms with van der Waals surface area (Å²) in [6, 6.07) is 5.97. The average molecular weight is 192 g/mol. The van der Waals surface area contributed by atoms with Crippen LogP contribution < -0.4 is 0 Å². The van der Waals surface area contributed by atoms with Gasteiger partial charge in [-0.25, -0.2) is 0 Å². The fourth-order valence-corrected chi connectivity index (χ4v) is 1.56. The van der Waals surface area contributed by atoms with Gasteiger partial charge in [0, 0.05) is 0 Å². The first kappa shape index (κ1) is 10.2. The van der Waals surface area contributed by atoms with E-state index in [-0.39, 0.29) is 0 Å². The topological polar surface area (TPSA) is 25.8 Å². The SMILES string of the molecule is [B]Cc1nc2ccc(C)cc2nc1C[B]. The van der Waals surface area contributed by atoms with Crippen molar-refractivity contribution >= 4 is 26.7 Å². The van der Waals surface area contributed by atoms with Gasteiger partial charge in [-0.15, -0.1) is 0 Å². The van der Waals surface area contributed by atoms with Gasteiger partial charge >= 0.3 is 0 Å². The molecule has 0 saturated carbocycles. The third-order valence-corrected chi connectivity index (χ3v) is 2.36. The second-order valence-corrected chi connectivity index (χ2v) is 3.52. The van der Waals surface area contributed by atoms with E-state index >= 15 is 0 Å². The molecule has 4 radical (unpaired) electrons. The highest BCUT2D eigenvalue weighted by molar-refractivity contribution is 6.10. The van der Waals surface area contributed by atoms with Crippen molar-refractivity contribution in [1.29, 1.82) is 0 Å². The van der Waals surface area contributed by atoms with Crippen LogP contribution in [0.1, 0.15) is 17.0 Å². The molecule has 0 spiro atoms. The molecule has 0 atom stereocenters. The molecule has 0 aliphatic carbocycles. The smallest absolute Gasteiger partial charge is 0.0892 e. The number of rotatable bonds is 2. The maximum absolute atomic E-state index is 5.60. The van der Waals surface area contributed by atoms with Gasteiger partial charge in [-0.1, -0.05) is 6.07 Å². The molecule has 15 heavy (non-hydrogen) atoms. The average Bonchev–Trinajstić information content (AvgIpc) is 2.27. The number of aromatic nitrogens is 2. The van der Waals surface area contributed by atoms with Crippen molar-refractivity contribution < 1.29 is 0 Å². The largest absolute Gasteiger partial charge is 0.250 e. The number of aryl methyl sites for hydroxylation is 1. The van der Waals surface area contributed by atoms with E-state index in [1.165, 1.54) is 5.56 Å². The standard InChI is InChI=1S/C11H10B2N2/c1-7-2-3-8-9(4-7)15-11(6-13)10(5-12)14-8/h2-4H,5-6H2,1H3. The van der Waals surface area contributed by atoms with Crippen molar-refractivity contribution in [3.05, 3.63) is 35.2 Å². The second kappa shape index (κ2) is 4.05. The Morgan fingerprint density at radius 1 is 1.00 bits per heavy atom. The molecule has 70 valence electrons. The Morgan fingerprint density at radius 2 is 1.60 bits per heavy atom. The van der Waals surface area contributed by atoms with Gasteiger partial charge in [0.2, 0.25) is 0 Å². The van der Waals surface area contributed by atoms with Gasteiger partial charge in [0.1, 0.15) is 0 Å². The molecule has 0 N–H and O–H groups in total. The van der Waals surface area contributed by atoms with Gasteiger partial charge in [-0.05, 0) is 37.3 Å². The summed E-state index contributed by atoms with van der Waals surface area (Å²) >= 11 is 0. The van der Waals surface area contributed by atoms with Crippen LogP contribution in [-0.2, 0) is 12.6 Å². The molecule has 2 aromatic rings. The van der Waals surface area contributed by atoms with Crippen LogP contribution in [0.3, 0.4) is 0 Å². The lowest BCUT2D eigenvalue weighted by Crippen LogP contribution is -2.02. The second-order valence-electron chi connectivity index (χ2n) is 3.52. The van der Waals surface area contributed by atoms with Gasteiger partial charge in [0.15, 0.2) is 0 Å². The first-order valence-corrected chi connectivity index (χ1v) is 4.91. The molecular weight excluding hydrogens is 182 g/mol. The number of hydrogen-bond acceptors (Lipinski definition) is 2. The molecule has 0 aliphatic rings. The van der Waals surface area contributed by atoms with E-state index in [4.69, 9.17) is 15.7 Å². The molecule has 0 aliphatic heterocycles. The summed E-state index contributed by atoms with van der Waals surface area (Å²) in [6.07, 6.45) is 0.757. The Balaban J connectivity index is 2.69. The van der Waals surface area contributed by atoms with Crippen LogP contribution in [0.25, 0.3) is 11.0 Å². The summed E-state index contributed by atoms with van der Waals surface area (Å²) < 4.78 is 0. The van der Waals surface area contributed by atoms with Crippen LogP contribution in [0.5, 0.6) is 0 Å². The Hall–Kier alpha value is -1.31. The lowest BCUT2D eigenvalue weighted by Gasteiger charge is -2.06. The van der Waals surface area contributed by atoms with Crippen LogP contribution >= 0.6 is 0 Å². The molecular formula is C11H10B2N2. The van der Waals surface area contributed by atoms with Crippen LogP contribution in [0.15, 0.2) is 18.2 Å². The van der Waals surface area contributed by atoms with Gasteiger partial charge in [-0.3, -0.25) is 9.97 Å². The zero-order chi connectivity index (χ0) is 10.8. The molecule has 0 fully saturated rings. The summed E-state index contributed by atoms with van der Waals surface area (Å²) in [7, 11) is 11.2. The minimum Gasteiger partial charge on any atom is -0.250 e. The highest BCUT2D eigenvalue weighted by Gasteiger charge is 2.04. The quantitative estimate of drug-likeness (QED) is 0.669. The lowest BCUT2D eigenvalue weighted by atomic mass is 9.93. The summed E-state index contributed by atoms with van der Waals surface area (Å²) in [4.78, 5) is 8.90. The van der Waals surface area contributed by atoms with Crippen LogP contribution in [0.4, 0.5) is 0 Å². The van der Waals surface area contributed by atoms with Crippen molar-refractivity contribution in [2.75, 3.05) is 0 Å². The number of hydrogen-bond donors (Lipinski definition) is 0. The maximum atomic E-state index is 5.60. The van der Waals surface area contributed by atoms with Crippen molar-refractivity contribution in [2.45, 2.75) is 19.6 Å². The molecule has 4 heteroatoms. The lowest BCUT2D eigenvalue weighted by molar-refractivity contribution is 1.06. The molecule has 0 unspecified atom stereocenters. The summed E-state index contributed by atoms with van der Waals surface area (Å²) in [5.41, 5.74) is 4.50. The molecule has 0 bridgehead atoms. The summed E-state index contributed by atoms with van der Waals surface area (Å²) in [5, 5.41) is 0. The monoisotopic (exact) mass is 192 g/mol. The van der Waals surface area contributed by atoms with E-state index < -0.39 is 0 Å². The fourth-order valence-electron chi connectivity index (χ4n) is 1.56. The molecule has 2 nitrogen and oxygen atoms in total. The Morgan fingerprint density at radius 3 is 2.20 bits per heavy atom. The van der Waals surface area contributed by atoms with E-state index in [0.717, 1.165) is 22.4 Å². The van der Waals surface area contributed by atoms with Crippen molar-refractivity contribution in [3.8, 4) is 0 Å². The zero-order valence-electron chi connectivity index (χ0n) is 8.70. The summed E-state index contributed by atoms with van der Waals surface area (Å²) in [6.45, 7) is 2.03. The van der Waals surface area contributed by atoms with E-state index in [1.54, 1.807) is 0 Å². The minimum absolute atomic E-state index is 0.378. The van der Waals surface area contributed by atoms with Gasteiger partial charge in [0.25, 0.3) is 0 Å². The first-order valence-electron chi connectivity index (χ1n) is 4.91. The first-order chi connectivity index (χ1) is 7.24. The molecule has 0 saturated heterocycles. The Bertz CT molecular complexity index is 497.